The van der Waals surface area contributed by atoms with Crippen molar-refractivity contribution in [2.75, 3.05) is 11.9 Å². The molecule has 1 aliphatic rings. The first-order valence-electron chi connectivity index (χ1n) is 8.34. The Labute approximate surface area is 138 Å². The van der Waals surface area contributed by atoms with Gasteiger partial charge in [0.1, 0.15) is 0 Å². The van der Waals surface area contributed by atoms with Crippen LogP contribution in [0, 0.1) is 12.8 Å². The number of benzene rings is 2. The third kappa shape index (κ3) is 3.55. The molecule has 1 fully saturated rings. The molecule has 0 radical (unpaired) electrons. The van der Waals surface area contributed by atoms with Crippen LogP contribution in [0.1, 0.15) is 36.9 Å². The van der Waals surface area contributed by atoms with Gasteiger partial charge in [0.2, 0.25) is 0 Å². The van der Waals surface area contributed by atoms with Crippen LogP contribution >= 0.6 is 0 Å². The van der Waals surface area contributed by atoms with Gasteiger partial charge in [-0.25, -0.2) is 4.79 Å². The maximum atomic E-state index is 12.8. The minimum Gasteiger partial charge on any atom is -0.317 e. The monoisotopic (exact) mass is 308 g/mol. The Morgan fingerprint density at radius 1 is 1.09 bits per heavy atom. The highest BCUT2D eigenvalue weighted by Crippen LogP contribution is 2.36. The fourth-order valence-electron chi connectivity index (χ4n) is 3.40. The van der Waals surface area contributed by atoms with Crippen molar-refractivity contribution in [3.05, 3.63) is 65.7 Å². The van der Waals surface area contributed by atoms with Crippen molar-refractivity contribution in [1.82, 2.24) is 4.90 Å². The van der Waals surface area contributed by atoms with E-state index in [9.17, 15) is 4.79 Å². The highest BCUT2D eigenvalue weighted by Gasteiger charge is 2.33. The Hall–Kier alpha value is -2.29. The molecule has 23 heavy (non-hydrogen) atoms. The summed E-state index contributed by atoms with van der Waals surface area (Å²) in [5.74, 6) is 0.466. The van der Waals surface area contributed by atoms with Gasteiger partial charge >= 0.3 is 6.03 Å². The molecule has 2 aromatic carbocycles. The summed E-state index contributed by atoms with van der Waals surface area (Å²) >= 11 is 0. The number of para-hydroxylation sites is 1. The standard InChI is InChI=1S/C20H24N2O/c1-15-10-12-17(13-11-15)19-16(2)7-6-14-22(19)20(23)21-18-8-4-3-5-9-18/h3-5,8-13,16,19H,6-7,14H2,1-2H3,(H,21,23)/t16-,19-/m1/s1. The van der Waals surface area contributed by atoms with Gasteiger partial charge in [-0.05, 0) is 43.4 Å². The van der Waals surface area contributed by atoms with Crippen LogP contribution < -0.4 is 5.32 Å². The first-order chi connectivity index (χ1) is 11.1. The van der Waals surface area contributed by atoms with Crippen molar-refractivity contribution in [2.45, 2.75) is 32.7 Å². The molecule has 0 saturated carbocycles. The number of amides is 2. The van der Waals surface area contributed by atoms with Crippen molar-refractivity contribution in [3.63, 3.8) is 0 Å². The van der Waals surface area contributed by atoms with E-state index in [1.807, 2.05) is 35.2 Å². The Bertz CT molecular complexity index is 651. The number of anilines is 1. The molecule has 1 saturated heterocycles. The maximum Gasteiger partial charge on any atom is 0.322 e. The summed E-state index contributed by atoms with van der Waals surface area (Å²) in [6.45, 7) is 5.14. The van der Waals surface area contributed by atoms with Crippen LogP contribution in [0.3, 0.4) is 0 Å². The van der Waals surface area contributed by atoms with Crippen LogP contribution in [0.2, 0.25) is 0 Å². The average Bonchev–Trinajstić information content (AvgIpc) is 2.56. The van der Waals surface area contributed by atoms with Gasteiger partial charge in [0, 0.05) is 12.2 Å². The van der Waals surface area contributed by atoms with Gasteiger partial charge in [-0.2, -0.15) is 0 Å². The number of carbonyl (C=O) groups excluding carboxylic acids is 1. The predicted octanol–water partition coefficient (Wildman–Crippen LogP) is 5.00. The molecule has 3 heteroatoms. The van der Waals surface area contributed by atoms with Crippen molar-refractivity contribution < 1.29 is 4.79 Å². The minimum atomic E-state index is -0.00618. The number of rotatable bonds is 2. The summed E-state index contributed by atoms with van der Waals surface area (Å²) in [4.78, 5) is 14.8. The third-order valence-electron chi connectivity index (χ3n) is 4.64. The molecule has 0 aliphatic carbocycles. The lowest BCUT2D eigenvalue weighted by Crippen LogP contribution is -2.44. The molecule has 1 heterocycles. The smallest absolute Gasteiger partial charge is 0.317 e. The van der Waals surface area contributed by atoms with Gasteiger partial charge in [0.05, 0.1) is 6.04 Å². The Kier molecular flexibility index (Phi) is 4.65. The molecule has 1 N–H and O–H groups in total. The molecular formula is C20H24N2O. The topological polar surface area (TPSA) is 32.3 Å². The van der Waals surface area contributed by atoms with Crippen molar-refractivity contribution >= 4 is 11.7 Å². The molecule has 3 rings (SSSR count). The van der Waals surface area contributed by atoms with Crippen LogP contribution in [0.25, 0.3) is 0 Å². The molecular weight excluding hydrogens is 284 g/mol. The van der Waals surface area contributed by atoms with E-state index in [0.29, 0.717) is 5.92 Å². The van der Waals surface area contributed by atoms with E-state index < -0.39 is 0 Å². The van der Waals surface area contributed by atoms with E-state index in [1.165, 1.54) is 11.1 Å². The lowest BCUT2D eigenvalue weighted by molar-refractivity contribution is 0.129. The Morgan fingerprint density at radius 3 is 2.48 bits per heavy atom. The van der Waals surface area contributed by atoms with Gasteiger partial charge < -0.3 is 10.2 Å². The van der Waals surface area contributed by atoms with Crippen LogP contribution in [0.5, 0.6) is 0 Å². The molecule has 2 aromatic rings. The Balaban J connectivity index is 1.82. The first kappa shape index (κ1) is 15.6. The maximum absolute atomic E-state index is 12.8. The lowest BCUT2D eigenvalue weighted by Gasteiger charge is -2.40. The van der Waals surface area contributed by atoms with Crippen molar-refractivity contribution in [2.24, 2.45) is 5.92 Å². The summed E-state index contributed by atoms with van der Waals surface area (Å²) < 4.78 is 0. The normalized spacial score (nSPS) is 21.0. The molecule has 1 aliphatic heterocycles. The van der Waals surface area contributed by atoms with Gasteiger partial charge in [-0.1, -0.05) is 55.0 Å². The molecule has 0 bridgehead atoms. The summed E-state index contributed by atoms with van der Waals surface area (Å²) in [5, 5.41) is 3.03. The fraction of sp³-hybridized carbons (Fsp3) is 0.350. The zero-order valence-corrected chi connectivity index (χ0v) is 13.8. The number of nitrogens with one attached hydrogen (secondary N) is 1. The van der Waals surface area contributed by atoms with Gasteiger partial charge in [-0.15, -0.1) is 0 Å². The van der Waals surface area contributed by atoms with Crippen LogP contribution in [0.4, 0.5) is 10.5 Å². The van der Waals surface area contributed by atoms with Crippen molar-refractivity contribution in [1.29, 1.82) is 0 Å². The van der Waals surface area contributed by atoms with E-state index in [1.54, 1.807) is 0 Å². The Morgan fingerprint density at radius 2 is 1.78 bits per heavy atom. The number of hydrogen-bond donors (Lipinski definition) is 1. The zero-order valence-electron chi connectivity index (χ0n) is 13.8. The number of nitrogens with zero attached hydrogens (tertiary/aromatic N) is 1. The molecule has 0 spiro atoms. The van der Waals surface area contributed by atoms with Gasteiger partial charge in [0.25, 0.3) is 0 Å². The third-order valence-corrected chi connectivity index (χ3v) is 4.64. The molecule has 2 atom stereocenters. The lowest BCUT2D eigenvalue weighted by atomic mass is 9.86. The molecule has 2 amide bonds. The van der Waals surface area contributed by atoms with Gasteiger partial charge in [-0.3, -0.25) is 0 Å². The molecule has 0 unspecified atom stereocenters. The molecule has 120 valence electrons. The second-order valence-electron chi connectivity index (χ2n) is 6.46. The summed E-state index contributed by atoms with van der Waals surface area (Å²) in [6, 6.07) is 18.4. The summed E-state index contributed by atoms with van der Waals surface area (Å²) in [7, 11) is 0. The van der Waals surface area contributed by atoms with Crippen LogP contribution in [-0.4, -0.2) is 17.5 Å². The number of urea groups is 1. The zero-order chi connectivity index (χ0) is 16.2. The number of likely N-dealkylation sites (tertiary alicyclic amines) is 1. The van der Waals surface area contributed by atoms with E-state index in [4.69, 9.17) is 0 Å². The van der Waals surface area contributed by atoms with Crippen molar-refractivity contribution in [3.8, 4) is 0 Å². The second-order valence-corrected chi connectivity index (χ2v) is 6.46. The number of aryl methyl sites for hydroxylation is 1. The minimum absolute atomic E-state index is 0.00618. The quantitative estimate of drug-likeness (QED) is 0.832. The highest BCUT2D eigenvalue weighted by atomic mass is 16.2. The fourth-order valence-corrected chi connectivity index (χ4v) is 3.40. The molecule has 0 aromatic heterocycles. The van der Waals surface area contributed by atoms with Crippen LogP contribution in [-0.2, 0) is 0 Å². The van der Waals surface area contributed by atoms with Crippen LogP contribution in [0.15, 0.2) is 54.6 Å². The highest BCUT2D eigenvalue weighted by molar-refractivity contribution is 5.89. The van der Waals surface area contributed by atoms with E-state index in [0.717, 1.165) is 25.1 Å². The average molecular weight is 308 g/mol. The number of hydrogen-bond acceptors (Lipinski definition) is 1. The van der Waals surface area contributed by atoms with E-state index in [-0.39, 0.29) is 12.1 Å². The second kappa shape index (κ2) is 6.86. The summed E-state index contributed by atoms with van der Waals surface area (Å²) in [5.41, 5.74) is 3.32. The van der Waals surface area contributed by atoms with E-state index in [2.05, 4.69) is 43.4 Å². The SMILES string of the molecule is Cc1ccc([C@H]2[C@H](C)CCCN2C(=O)Nc2ccccc2)cc1. The first-order valence-corrected chi connectivity index (χ1v) is 8.34. The predicted molar refractivity (Wildman–Crippen MR) is 94.5 cm³/mol. The number of piperidine rings is 1. The largest absolute Gasteiger partial charge is 0.322 e. The molecule has 3 nitrogen and oxygen atoms in total. The number of carbonyl (C=O) groups is 1. The van der Waals surface area contributed by atoms with E-state index >= 15 is 0 Å². The van der Waals surface area contributed by atoms with Gasteiger partial charge in [0.15, 0.2) is 0 Å². The summed E-state index contributed by atoms with van der Waals surface area (Å²) in [6.07, 6.45) is 2.22.